The van der Waals surface area contributed by atoms with Gasteiger partial charge in [-0.3, -0.25) is 19.7 Å². The summed E-state index contributed by atoms with van der Waals surface area (Å²) in [5, 5.41) is 5.35. The summed E-state index contributed by atoms with van der Waals surface area (Å²) in [4.78, 5) is 51.8. The van der Waals surface area contributed by atoms with Crippen molar-refractivity contribution in [2.24, 2.45) is 0 Å². The number of amides is 5. The Bertz CT molecular complexity index is 1540. The molecule has 0 saturated carbocycles. The van der Waals surface area contributed by atoms with E-state index >= 15 is 0 Å². The Labute approximate surface area is 243 Å². The van der Waals surface area contributed by atoms with Gasteiger partial charge in [0.1, 0.15) is 5.57 Å². The Morgan fingerprint density at radius 3 is 2.56 bits per heavy atom. The van der Waals surface area contributed by atoms with Gasteiger partial charge in [-0.25, -0.2) is 9.69 Å². The largest absolute Gasteiger partial charge is 0.493 e. The Morgan fingerprint density at radius 1 is 1.10 bits per heavy atom. The summed E-state index contributed by atoms with van der Waals surface area (Å²) >= 11 is 8.19. The number of hydrogen-bond acceptors (Lipinski definition) is 6. The van der Waals surface area contributed by atoms with Crippen molar-refractivity contribution in [3.05, 3.63) is 85.5 Å². The van der Waals surface area contributed by atoms with Gasteiger partial charge in [-0.05, 0) is 95.6 Å². The second-order valence-electron chi connectivity index (χ2n) is 8.58. The maximum absolute atomic E-state index is 13.3. The number of nitrogens with zero attached hydrogens (tertiary/aromatic N) is 1. The molecule has 0 aromatic heterocycles. The average molecular weight is 660 g/mol. The van der Waals surface area contributed by atoms with Crippen LogP contribution in [0.4, 0.5) is 16.2 Å². The van der Waals surface area contributed by atoms with Gasteiger partial charge in [0.05, 0.1) is 16.4 Å². The lowest BCUT2D eigenvalue weighted by Gasteiger charge is -2.27. The third-order valence-corrected chi connectivity index (χ3v) is 7.00. The fraction of sp³-hybridized carbons (Fsp3) is 0.143. The molecular weight excluding hydrogens is 637 g/mol. The van der Waals surface area contributed by atoms with E-state index in [1.165, 1.54) is 13.2 Å². The highest BCUT2D eigenvalue weighted by Crippen LogP contribution is 2.35. The van der Waals surface area contributed by atoms with Crippen molar-refractivity contribution >= 4 is 75.4 Å². The van der Waals surface area contributed by atoms with Gasteiger partial charge in [0.25, 0.3) is 17.7 Å². The van der Waals surface area contributed by atoms with E-state index in [0.29, 0.717) is 36.9 Å². The monoisotopic (exact) mass is 659 g/mol. The van der Waals surface area contributed by atoms with Crippen molar-refractivity contribution in [1.82, 2.24) is 5.32 Å². The van der Waals surface area contributed by atoms with Crippen molar-refractivity contribution < 1.29 is 28.7 Å². The highest BCUT2D eigenvalue weighted by atomic mass is 127. The second-order valence-corrected chi connectivity index (χ2v) is 10.2. The highest BCUT2D eigenvalue weighted by Gasteiger charge is 2.37. The Morgan fingerprint density at radius 2 is 1.85 bits per heavy atom. The zero-order valence-corrected chi connectivity index (χ0v) is 24.0. The predicted molar refractivity (Wildman–Crippen MR) is 156 cm³/mol. The molecule has 200 valence electrons. The van der Waals surface area contributed by atoms with E-state index in [9.17, 15) is 19.2 Å². The van der Waals surface area contributed by atoms with Crippen LogP contribution < -0.4 is 25.0 Å². The summed E-state index contributed by atoms with van der Waals surface area (Å²) in [5.41, 5.74) is 2.64. The van der Waals surface area contributed by atoms with Crippen LogP contribution in [-0.4, -0.2) is 37.5 Å². The van der Waals surface area contributed by atoms with E-state index < -0.39 is 17.8 Å². The predicted octanol–water partition coefficient (Wildman–Crippen LogP) is 5.25. The maximum Gasteiger partial charge on any atom is 0.335 e. The normalized spacial score (nSPS) is 14.3. The standard InChI is InChI=1S/C28H23ClIN3O6/c1-15-6-4-7-18(10-15)31-24(34)14-39-25-21(30)12-17(13-23(25)38-3)11-19-26(35)32-28(37)33(27(19)36)22-9-5-8-20(29)16(22)2/h4-13H,14H2,1-3H3,(H,31,34)(H,32,35,37)/b19-11+. The molecule has 9 nitrogen and oxygen atoms in total. The van der Waals surface area contributed by atoms with Crippen molar-refractivity contribution in [2.75, 3.05) is 23.9 Å². The molecule has 1 heterocycles. The molecule has 39 heavy (non-hydrogen) atoms. The first-order valence-electron chi connectivity index (χ1n) is 11.6. The molecule has 0 radical (unpaired) electrons. The number of barbiturate groups is 1. The van der Waals surface area contributed by atoms with Crippen molar-refractivity contribution in [3.63, 3.8) is 0 Å². The minimum absolute atomic E-state index is 0.252. The first kappa shape index (κ1) is 28.1. The summed E-state index contributed by atoms with van der Waals surface area (Å²) in [6.45, 7) is 3.33. The number of carbonyl (C=O) groups is 4. The second kappa shape index (κ2) is 11.9. The number of anilines is 2. The van der Waals surface area contributed by atoms with Crippen molar-refractivity contribution in [1.29, 1.82) is 0 Å². The topological polar surface area (TPSA) is 114 Å². The van der Waals surface area contributed by atoms with Gasteiger partial charge < -0.3 is 14.8 Å². The molecule has 11 heteroatoms. The molecular formula is C28H23ClIN3O6. The maximum atomic E-state index is 13.3. The summed E-state index contributed by atoms with van der Waals surface area (Å²) in [6, 6.07) is 14.6. The van der Waals surface area contributed by atoms with Crippen LogP contribution >= 0.6 is 34.2 Å². The molecule has 3 aromatic rings. The minimum atomic E-state index is -0.868. The van der Waals surface area contributed by atoms with E-state index in [2.05, 4.69) is 10.6 Å². The molecule has 1 saturated heterocycles. The first-order chi connectivity index (χ1) is 18.6. The van der Waals surface area contributed by atoms with Gasteiger partial charge in [-0.15, -0.1) is 0 Å². The molecule has 0 atom stereocenters. The van der Waals surface area contributed by atoms with E-state index in [-0.39, 0.29) is 23.8 Å². The van der Waals surface area contributed by atoms with Crippen LogP contribution in [0.1, 0.15) is 16.7 Å². The Hall–Kier alpha value is -3.90. The Kier molecular flexibility index (Phi) is 8.56. The van der Waals surface area contributed by atoms with Crippen LogP contribution in [0.5, 0.6) is 11.5 Å². The molecule has 4 rings (SSSR count). The molecule has 0 spiro atoms. The summed E-state index contributed by atoms with van der Waals surface area (Å²) in [7, 11) is 1.43. The number of benzene rings is 3. The lowest BCUT2D eigenvalue weighted by Crippen LogP contribution is -2.54. The number of methoxy groups -OCH3 is 1. The molecule has 0 aliphatic carbocycles. The van der Waals surface area contributed by atoms with Gasteiger partial charge in [-0.2, -0.15) is 0 Å². The minimum Gasteiger partial charge on any atom is -0.493 e. The van der Waals surface area contributed by atoms with Gasteiger partial charge in [0.15, 0.2) is 18.1 Å². The lowest BCUT2D eigenvalue weighted by molar-refractivity contribution is -0.122. The third-order valence-electron chi connectivity index (χ3n) is 5.79. The van der Waals surface area contributed by atoms with Crippen LogP contribution in [0, 0.1) is 17.4 Å². The number of carbonyl (C=O) groups excluding carboxylic acids is 4. The van der Waals surface area contributed by atoms with E-state index in [0.717, 1.165) is 10.5 Å². The lowest BCUT2D eigenvalue weighted by atomic mass is 10.1. The van der Waals surface area contributed by atoms with Gasteiger partial charge in [0.2, 0.25) is 0 Å². The number of nitrogens with one attached hydrogen (secondary N) is 2. The van der Waals surface area contributed by atoms with Crippen LogP contribution in [-0.2, 0) is 14.4 Å². The van der Waals surface area contributed by atoms with Gasteiger partial charge in [0, 0.05) is 10.7 Å². The number of ether oxygens (including phenoxy) is 2. The number of hydrogen-bond donors (Lipinski definition) is 2. The van der Waals surface area contributed by atoms with Crippen molar-refractivity contribution in [2.45, 2.75) is 13.8 Å². The zero-order chi connectivity index (χ0) is 28.3. The van der Waals surface area contributed by atoms with Crippen LogP contribution in [0.15, 0.2) is 60.2 Å². The number of aryl methyl sites for hydroxylation is 1. The molecule has 0 unspecified atom stereocenters. The SMILES string of the molecule is COc1cc(/C=C2\C(=O)NC(=O)N(c3cccc(Cl)c3C)C2=O)cc(I)c1OCC(=O)Nc1cccc(C)c1. The smallest absolute Gasteiger partial charge is 0.335 e. The van der Waals surface area contributed by atoms with Crippen LogP contribution in [0.2, 0.25) is 5.02 Å². The van der Waals surface area contributed by atoms with Gasteiger partial charge in [-0.1, -0.05) is 29.8 Å². The van der Waals surface area contributed by atoms with E-state index in [4.69, 9.17) is 21.1 Å². The quantitative estimate of drug-likeness (QED) is 0.204. The molecule has 3 aromatic carbocycles. The van der Waals surface area contributed by atoms with E-state index in [1.54, 1.807) is 43.3 Å². The summed E-state index contributed by atoms with van der Waals surface area (Å²) in [5.74, 6) is -1.36. The number of halogens is 2. The highest BCUT2D eigenvalue weighted by molar-refractivity contribution is 14.1. The molecule has 1 aliphatic heterocycles. The fourth-order valence-electron chi connectivity index (χ4n) is 3.90. The van der Waals surface area contributed by atoms with Crippen LogP contribution in [0.25, 0.3) is 6.08 Å². The molecule has 0 bridgehead atoms. The summed E-state index contributed by atoms with van der Waals surface area (Å²) < 4.78 is 11.8. The van der Waals surface area contributed by atoms with E-state index in [1.807, 2.05) is 47.7 Å². The molecule has 5 amide bonds. The Balaban J connectivity index is 1.58. The molecule has 1 fully saturated rings. The van der Waals surface area contributed by atoms with Crippen molar-refractivity contribution in [3.8, 4) is 11.5 Å². The van der Waals surface area contributed by atoms with Crippen LogP contribution in [0.3, 0.4) is 0 Å². The number of imide groups is 2. The van der Waals surface area contributed by atoms with Gasteiger partial charge >= 0.3 is 6.03 Å². The zero-order valence-electron chi connectivity index (χ0n) is 21.1. The molecule has 2 N–H and O–H groups in total. The molecule has 1 aliphatic rings. The first-order valence-corrected chi connectivity index (χ1v) is 13.1. The fourth-order valence-corrected chi connectivity index (χ4v) is 4.85. The third kappa shape index (κ3) is 6.23. The summed E-state index contributed by atoms with van der Waals surface area (Å²) in [6.07, 6.45) is 1.36. The average Bonchev–Trinajstić information content (AvgIpc) is 2.88. The number of urea groups is 1. The number of rotatable bonds is 7.